The van der Waals surface area contributed by atoms with Crippen molar-refractivity contribution in [1.29, 1.82) is 0 Å². The zero-order chi connectivity index (χ0) is 23.9. The molecular formula is C20H10ClN5O7. The number of halogens is 1. The van der Waals surface area contributed by atoms with E-state index in [-0.39, 0.29) is 39.2 Å². The molecule has 1 N–H and O–H groups in total. The number of hydrogen-bond donors (Lipinski definition) is 1. The Balaban J connectivity index is 1.90. The van der Waals surface area contributed by atoms with Crippen molar-refractivity contribution in [2.45, 2.75) is 0 Å². The molecule has 0 saturated heterocycles. The van der Waals surface area contributed by atoms with E-state index in [1.165, 1.54) is 30.3 Å². The van der Waals surface area contributed by atoms with Crippen molar-refractivity contribution in [3.05, 3.63) is 107 Å². The minimum absolute atomic E-state index is 0.00925. The summed E-state index contributed by atoms with van der Waals surface area (Å²) in [5.74, 6) is -0.653. The highest BCUT2D eigenvalue weighted by molar-refractivity contribution is 6.30. The number of benzene rings is 3. The monoisotopic (exact) mass is 467 g/mol. The smallest absolute Gasteiger partial charge is 0.267 e. The zero-order valence-corrected chi connectivity index (χ0v) is 17.0. The Hall–Kier alpha value is -4.71. The molecule has 0 fully saturated rings. The van der Waals surface area contributed by atoms with Crippen molar-refractivity contribution in [1.82, 2.24) is 5.43 Å². The summed E-state index contributed by atoms with van der Waals surface area (Å²) in [6, 6.07) is 11.3. The third-order valence-corrected chi connectivity index (χ3v) is 5.13. The van der Waals surface area contributed by atoms with Crippen molar-refractivity contribution < 1.29 is 19.6 Å². The molecule has 0 aromatic heterocycles. The van der Waals surface area contributed by atoms with Gasteiger partial charge in [-0.1, -0.05) is 11.6 Å². The molecule has 0 heterocycles. The molecule has 1 aliphatic carbocycles. The molecular weight excluding hydrogens is 458 g/mol. The van der Waals surface area contributed by atoms with Gasteiger partial charge in [-0.2, -0.15) is 5.10 Å². The zero-order valence-electron chi connectivity index (χ0n) is 16.2. The van der Waals surface area contributed by atoms with E-state index in [2.05, 4.69) is 10.5 Å². The highest BCUT2D eigenvalue weighted by Crippen LogP contribution is 2.45. The van der Waals surface area contributed by atoms with Gasteiger partial charge < -0.3 is 0 Å². The molecule has 0 spiro atoms. The Morgan fingerprint density at radius 1 is 0.788 bits per heavy atom. The van der Waals surface area contributed by atoms with Gasteiger partial charge in [0, 0.05) is 39.9 Å². The fraction of sp³-hybridized carbons (Fsp3) is 0. The number of nitro groups is 3. The van der Waals surface area contributed by atoms with E-state index >= 15 is 0 Å². The van der Waals surface area contributed by atoms with E-state index in [4.69, 9.17) is 11.6 Å². The predicted octanol–water partition coefficient (Wildman–Crippen LogP) is 4.23. The van der Waals surface area contributed by atoms with Crippen LogP contribution in [0.4, 0.5) is 17.1 Å². The van der Waals surface area contributed by atoms with E-state index in [1.807, 2.05) is 0 Å². The Kier molecular flexibility index (Phi) is 5.27. The number of carbonyl (C=O) groups is 1. The van der Waals surface area contributed by atoms with Crippen molar-refractivity contribution in [2.24, 2.45) is 5.10 Å². The Bertz CT molecular complexity index is 1400. The van der Waals surface area contributed by atoms with Gasteiger partial charge in [0.25, 0.3) is 23.0 Å². The maximum Gasteiger partial charge on any atom is 0.284 e. The number of carbonyl (C=O) groups excluding carboxylic acids is 1. The van der Waals surface area contributed by atoms with Gasteiger partial charge in [-0.05, 0) is 35.9 Å². The van der Waals surface area contributed by atoms with Gasteiger partial charge in [0.15, 0.2) is 0 Å². The number of nitro benzene ring substituents is 3. The molecule has 0 unspecified atom stereocenters. The summed E-state index contributed by atoms with van der Waals surface area (Å²) in [6.45, 7) is 0. The maximum atomic E-state index is 12.5. The van der Waals surface area contributed by atoms with Gasteiger partial charge in [-0.3, -0.25) is 35.1 Å². The summed E-state index contributed by atoms with van der Waals surface area (Å²) >= 11 is 5.81. The first-order valence-electron chi connectivity index (χ1n) is 9.07. The molecule has 164 valence electrons. The van der Waals surface area contributed by atoms with Crippen LogP contribution in [0.2, 0.25) is 5.02 Å². The van der Waals surface area contributed by atoms with Crippen molar-refractivity contribution in [3.8, 4) is 11.1 Å². The normalized spacial score (nSPS) is 12.7. The van der Waals surface area contributed by atoms with E-state index in [9.17, 15) is 35.1 Å². The van der Waals surface area contributed by atoms with Crippen LogP contribution in [0, 0.1) is 30.3 Å². The molecule has 33 heavy (non-hydrogen) atoms. The Morgan fingerprint density at radius 2 is 1.42 bits per heavy atom. The molecule has 0 aliphatic heterocycles. The standard InChI is InChI=1S/C20H10ClN5O7/c21-11-3-1-10(2-4-11)20(27)23-22-19-15-7-12(24(28)29)5-6-14(15)18-16(19)8-13(25(30)31)9-17(18)26(32)33/h1-9H,(H,23,27). The topological polar surface area (TPSA) is 171 Å². The van der Waals surface area contributed by atoms with Gasteiger partial charge in [-0.15, -0.1) is 0 Å². The molecule has 3 aromatic rings. The Labute approximate surface area is 188 Å². The van der Waals surface area contributed by atoms with Gasteiger partial charge in [0.2, 0.25) is 0 Å². The van der Waals surface area contributed by atoms with Crippen LogP contribution in [0.3, 0.4) is 0 Å². The first-order chi connectivity index (χ1) is 15.7. The minimum Gasteiger partial charge on any atom is -0.267 e. The van der Waals surface area contributed by atoms with Crippen LogP contribution >= 0.6 is 11.6 Å². The second kappa shape index (κ2) is 8.09. The Morgan fingerprint density at radius 3 is 2.03 bits per heavy atom. The van der Waals surface area contributed by atoms with Crippen molar-refractivity contribution >= 4 is 40.3 Å². The van der Waals surface area contributed by atoms with Gasteiger partial charge >= 0.3 is 0 Å². The number of nitrogens with zero attached hydrogens (tertiary/aromatic N) is 4. The number of nitrogens with one attached hydrogen (secondary N) is 1. The van der Waals surface area contributed by atoms with Crippen LogP contribution in [0.15, 0.2) is 59.7 Å². The first-order valence-corrected chi connectivity index (χ1v) is 9.45. The largest absolute Gasteiger partial charge is 0.284 e. The van der Waals surface area contributed by atoms with E-state index in [0.717, 1.165) is 24.3 Å². The van der Waals surface area contributed by atoms with Crippen LogP contribution in [0.5, 0.6) is 0 Å². The molecule has 0 radical (unpaired) electrons. The number of non-ortho nitro benzene ring substituents is 2. The fourth-order valence-electron chi connectivity index (χ4n) is 3.43. The maximum absolute atomic E-state index is 12.5. The van der Waals surface area contributed by atoms with Crippen LogP contribution in [0.1, 0.15) is 21.5 Å². The lowest BCUT2D eigenvalue weighted by Crippen LogP contribution is -2.20. The quantitative estimate of drug-likeness (QED) is 0.338. The molecule has 13 heteroatoms. The minimum atomic E-state index is -0.803. The van der Waals surface area contributed by atoms with Crippen LogP contribution in [-0.2, 0) is 0 Å². The molecule has 4 rings (SSSR count). The van der Waals surface area contributed by atoms with E-state index in [1.54, 1.807) is 0 Å². The van der Waals surface area contributed by atoms with Gasteiger partial charge in [-0.25, -0.2) is 5.43 Å². The van der Waals surface area contributed by atoms with E-state index in [0.29, 0.717) is 5.02 Å². The van der Waals surface area contributed by atoms with Crippen molar-refractivity contribution in [2.75, 3.05) is 0 Å². The van der Waals surface area contributed by atoms with Crippen LogP contribution in [-0.4, -0.2) is 26.4 Å². The molecule has 12 nitrogen and oxygen atoms in total. The highest BCUT2D eigenvalue weighted by atomic mass is 35.5. The van der Waals surface area contributed by atoms with Crippen molar-refractivity contribution in [3.63, 3.8) is 0 Å². The molecule has 0 bridgehead atoms. The number of hydrogen-bond acceptors (Lipinski definition) is 8. The third kappa shape index (κ3) is 3.85. The van der Waals surface area contributed by atoms with Gasteiger partial charge in [0.1, 0.15) is 0 Å². The molecule has 1 aliphatic rings. The fourth-order valence-corrected chi connectivity index (χ4v) is 3.55. The lowest BCUT2D eigenvalue weighted by molar-refractivity contribution is -0.393. The lowest BCUT2D eigenvalue weighted by atomic mass is 10.0. The summed E-state index contributed by atoms with van der Waals surface area (Å²) in [6.07, 6.45) is 0. The third-order valence-electron chi connectivity index (χ3n) is 4.88. The SMILES string of the molecule is O=C(NN=C1c2cc([N+](=O)[O-])ccc2-c2c1cc([N+](=O)[O-])cc2[N+](=O)[O-])c1ccc(Cl)cc1. The summed E-state index contributed by atoms with van der Waals surface area (Å²) < 4.78 is 0. The average molecular weight is 468 g/mol. The highest BCUT2D eigenvalue weighted by Gasteiger charge is 2.36. The second-order valence-electron chi connectivity index (χ2n) is 6.80. The second-order valence-corrected chi connectivity index (χ2v) is 7.23. The molecule has 1 amide bonds. The lowest BCUT2D eigenvalue weighted by Gasteiger charge is -2.04. The van der Waals surface area contributed by atoms with Crippen LogP contribution < -0.4 is 5.43 Å². The van der Waals surface area contributed by atoms with Crippen LogP contribution in [0.25, 0.3) is 11.1 Å². The number of rotatable bonds is 5. The average Bonchev–Trinajstić information content (AvgIpc) is 3.09. The first kappa shape index (κ1) is 21.5. The van der Waals surface area contributed by atoms with E-state index < -0.39 is 32.1 Å². The van der Waals surface area contributed by atoms with Gasteiger partial charge in [0.05, 0.1) is 32.1 Å². The molecule has 0 saturated carbocycles. The number of hydrazone groups is 1. The summed E-state index contributed by atoms with van der Waals surface area (Å²) in [4.78, 5) is 44.5. The molecule has 0 atom stereocenters. The summed E-state index contributed by atoms with van der Waals surface area (Å²) in [5.41, 5.74) is 1.27. The summed E-state index contributed by atoms with van der Waals surface area (Å²) in [5, 5.41) is 38.7. The molecule has 3 aromatic carbocycles. The predicted molar refractivity (Wildman–Crippen MR) is 116 cm³/mol. The summed E-state index contributed by atoms with van der Waals surface area (Å²) in [7, 11) is 0. The number of amides is 1. The number of fused-ring (bicyclic) bond motifs is 3.